The quantitative estimate of drug-likeness (QED) is 0.771. The molecule has 2 N–H and O–H groups in total. The summed E-state index contributed by atoms with van der Waals surface area (Å²) in [7, 11) is 2.14. The van der Waals surface area contributed by atoms with Crippen molar-refractivity contribution >= 4 is 23.2 Å². The van der Waals surface area contributed by atoms with Crippen molar-refractivity contribution in [3.05, 3.63) is 24.3 Å². The highest BCUT2D eigenvalue weighted by atomic mass is 16.2. The van der Waals surface area contributed by atoms with Gasteiger partial charge >= 0.3 is 0 Å². The Hall–Kier alpha value is -2.08. The summed E-state index contributed by atoms with van der Waals surface area (Å²) in [6.45, 7) is 6.78. The Morgan fingerprint density at radius 2 is 1.68 bits per heavy atom. The average molecular weight is 344 g/mol. The van der Waals surface area contributed by atoms with E-state index < -0.39 is 5.41 Å². The molecule has 1 heterocycles. The van der Waals surface area contributed by atoms with Crippen molar-refractivity contribution in [3.8, 4) is 0 Å². The molecule has 1 saturated heterocycles. The van der Waals surface area contributed by atoms with Crippen LogP contribution in [-0.2, 0) is 9.59 Å². The Labute approximate surface area is 149 Å². The summed E-state index contributed by atoms with van der Waals surface area (Å²) in [4.78, 5) is 29.4. The summed E-state index contributed by atoms with van der Waals surface area (Å²) >= 11 is 0. The van der Waals surface area contributed by atoms with Crippen LogP contribution < -0.4 is 15.5 Å². The summed E-state index contributed by atoms with van der Waals surface area (Å²) < 4.78 is 0. The predicted molar refractivity (Wildman–Crippen MR) is 99.7 cm³/mol. The monoisotopic (exact) mass is 344 g/mol. The third-order valence-corrected chi connectivity index (χ3v) is 5.15. The molecule has 1 saturated carbocycles. The Morgan fingerprint density at radius 1 is 1.04 bits per heavy atom. The highest BCUT2D eigenvalue weighted by Gasteiger charge is 2.56. The molecule has 0 atom stereocenters. The standard InChI is InChI=1S/C19H28N4O2/c1-3-10-20-17(24)19(8-9-19)18(25)21-15-4-6-16(7-5-15)23-13-11-22(2)12-14-23/h4-7H,3,8-14H2,1-2H3,(H,20,24)(H,21,25). The lowest BCUT2D eigenvalue weighted by Crippen LogP contribution is -2.44. The largest absolute Gasteiger partial charge is 0.369 e. The number of carbonyl (C=O) groups is 2. The molecular formula is C19H28N4O2. The fraction of sp³-hybridized carbons (Fsp3) is 0.579. The molecule has 6 heteroatoms. The van der Waals surface area contributed by atoms with E-state index in [9.17, 15) is 9.59 Å². The number of likely N-dealkylation sites (N-methyl/N-ethyl adjacent to an activating group) is 1. The van der Waals surface area contributed by atoms with Crippen LogP contribution in [0.1, 0.15) is 26.2 Å². The smallest absolute Gasteiger partial charge is 0.240 e. The van der Waals surface area contributed by atoms with E-state index in [0.717, 1.165) is 38.3 Å². The lowest BCUT2D eigenvalue weighted by molar-refractivity contribution is -0.134. The predicted octanol–water partition coefficient (Wildman–Crippen LogP) is 1.68. The van der Waals surface area contributed by atoms with Crippen molar-refractivity contribution in [1.82, 2.24) is 10.2 Å². The zero-order valence-corrected chi connectivity index (χ0v) is 15.2. The van der Waals surface area contributed by atoms with Gasteiger partial charge in [-0.25, -0.2) is 0 Å². The van der Waals surface area contributed by atoms with Crippen LogP contribution >= 0.6 is 0 Å². The number of carbonyl (C=O) groups excluding carboxylic acids is 2. The molecule has 1 aromatic rings. The zero-order valence-electron chi connectivity index (χ0n) is 15.2. The van der Waals surface area contributed by atoms with Gasteiger partial charge in [0, 0.05) is 44.1 Å². The summed E-state index contributed by atoms with van der Waals surface area (Å²) in [6.07, 6.45) is 2.14. The molecule has 2 fully saturated rings. The van der Waals surface area contributed by atoms with Crippen LogP contribution in [0.25, 0.3) is 0 Å². The fourth-order valence-electron chi connectivity index (χ4n) is 3.16. The van der Waals surface area contributed by atoms with Crippen LogP contribution in [0.3, 0.4) is 0 Å². The van der Waals surface area contributed by atoms with Crippen molar-refractivity contribution in [2.75, 3.05) is 50.0 Å². The van der Waals surface area contributed by atoms with Gasteiger partial charge < -0.3 is 20.4 Å². The number of amides is 2. The Morgan fingerprint density at radius 3 is 2.24 bits per heavy atom. The van der Waals surface area contributed by atoms with Crippen LogP contribution in [0.4, 0.5) is 11.4 Å². The SMILES string of the molecule is CCCNC(=O)C1(C(=O)Nc2ccc(N3CCN(C)CC3)cc2)CC1. The third-order valence-electron chi connectivity index (χ3n) is 5.15. The van der Waals surface area contributed by atoms with Crippen molar-refractivity contribution in [3.63, 3.8) is 0 Å². The van der Waals surface area contributed by atoms with Gasteiger partial charge in [0.25, 0.3) is 0 Å². The molecular weight excluding hydrogens is 316 g/mol. The zero-order chi connectivity index (χ0) is 17.9. The minimum atomic E-state index is -0.856. The van der Waals surface area contributed by atoms with Gasteiger partial charge in [0.05, 0.1) is 0 Å². The van der Waals surface area contributed by atoms with E-state index in [1.54, 1.807) is 0 Å². The maximum absolute atomic E-state index is 12.5. The normalized spacial score (nSPS) is 19.4. The fourth-order valence-corrected chi connectivity index (χ4v) is 3.16. The summed E-state index contributed by atoms with van der Waals surface area (Å²) in [5.41, 5.74) is 1.07. The van der Waals surface area contributed by atoms with Crippen LogP contribution in [0.5, 0.6) is 0 Å². The molecule has 0 aromatic heterocycles. The second-order valence-electron chi connectivity index (χ2n) is 7.13. The van der Waals surface area contributed by atoms with E-state index in [0.29, 0.717) is 19.4 Å². The molecule has 0 unspecified atom stereocenters. The molecule has 136 valence electrons. The van der Waals surface area contributed by atoms with Gasteiger partial charge in [0.2, 0.25) is 11.8 Å². The minimum absolute atomic E-state index is 0.138. The van der Waals surface area contributed by atoms with Crippen molar-refractivity contribution in [2.24, 2.45) is 5.41 Å². The van der Waals surface area contributed by atoms with Gasteiger partial charge in [-0.05, 0) is 50.6 Å². The van der Waals surface area contributed by atoms with E-state index in [1.165, 1.54) is 5.69 Å². The highest BCUT2D eigenvalue weighted by Crippen LogP contribution is 2.46. The molecule has 1 aromatic carbocycles. The first kappa shape index (κ1) is 17.7. The van der Waals surface area contributed by atoms with Gasteiger partial charge in [-0.3, -0.25) is 9.59 Å². The molecule has 1 aliphatic heterocycles. The first-order chi connectivity index (χ1) is 12.0. The maximum atomic E-state index is 12.5. The molecule has 25 heavy (non-hydrogen) atoms. The molecule has 2 aliphatic rings. The molecule has 1 aliphatic carbocycles. The molecule has 0 radical (unpaired) electrons. The van der Waals surface area contributed by atoms with Gasteiger partial charge in [0.15, 0.2) is 0 Å². The summed E-state index contributed by atoms with van der Waals surface area (Å²) in [5.74, 6) is -0.325. The van der Waals surface area contributed by atoms with Crippen LogP contribution in [0.15, 0.2) is 24.3 Å². The summed E-state index contributed by atoms with van der Waals surface area (Å²) in [6, 6.07) is 7.92. The minimum Gasteiger partial charge on any atom is -0.369 e. The lowest BCUT2D eigenvalue weighted by Gasteiger charge is -2.34. The number of hydrogen-bond donors (Lipinski definition) is 2. The van der Waals surface area contributed by atoms with Gasteiger partial charge in [-0.2, -0.15) is 0 Å². The average Bonchev–Trinajstić information content (AvgIpc) is 3.43. The number of benzene rings is 1. The maximum Gasteiger partial charge on any atom is 0.240 e. The third kappa shape index (κ3) is 3.95. The second kappa shape index (κ2) is 7.44. The van der Waals surface area contributed by atoms with Crippen LogP contribution in [-0.4, -0.2) is 56.5 Å². The van der Waals surface area contributed by atoms with Crippen LogP contribution in [0, 0.1) is 5.41 Å². The van der Waals surface area contributed by atoms with Crippen molar-refractivity contribution < 1.29 is 9.59 Å². The number of anilines is 2. The Balaban J connectivity index is 1.58. The van der Waals surface area contributed by atoms with E-state index in [2.05, 4.69) is 27.5 Å². The van der Waals surface area contributed by atoms with Gasteiger partial charge in [0.1, 0.15) is 5.41 Å². The Bertz CT molecular complexity index is 617. The number of nitrogens with one attached hydrogen (secondary N) is 2. The first-order valence-electron chi connectivity index (χ1n) is 9.18. The summed E-state index contributed by atoms with van der Waals surface area (Å²) in [5, 5.41) is 5.76. The molecule has 0 spiro atoms. The number of piperazine rings is 1. The van der Waals surface area contributed by atoms with Gasteiger partial charge in [-0.1, -0.05) is 6.92 Å². The van der Waals surface area contributed by atoms with E-state index in [4.69, 9.17) is 0 Å². The van der Waals surface area contributed by atoms with Gasteiger partial charge in [-0.15, -0.1) is 0 Å². The molecule has 2 amide bonds. The van der Waals surface area contributed by atoms with Crippen molar-refractivity contribution in [2.45, 2.75) is 26.2 Å². The van der Waals surface area contributed by atoms with E-state index >= 15 is 0 Å². The highest BCUT2D eigenvalue weighted by molar-refractivity contribution is 6.13. The Kier molecular flexibility index (Phi) is 5.27. The topological polar surface area (TPSA) is 64.7 Å². The first-order valence-corrected chi connectivity index (χ1v) is 9.18. The molecule has 0 bridgehead atoms. The van der Waals surface area contributed by atoms with Crippen LogP contribution in [0.2, 0.25) is 0 Å². The second-order valence-corrected chi connectivity index (χ2v) is 7.13. The van der Waals surface area contributed by atoms with E-state index in [-0.39, 0.29) is 11.8 Å². The number of hydrogen-bond acceptors (Lipinski definition) is 4. The molecule has 6 nitrogen and oxygen atoms in total. The van der Waals surface area contributed by atoms with Crippen molar-refractivity contribution in [1.29, 1.82) is 0 Å². The number of rotatable bonds is 6. The van der Waals surface area contributed by atoms with E-state index in [1.807, 2.05) is 31.2 Å². The molecule has 3 rings (SSSR count). The number of nitrogens with zero attached hydrogens (tertiary/aromatic N) is 2. The lowest BCUT2D eigenvalue weighted by atomic mass is 10.0.